The lowest BCUT2D eigenvalue weighted by molar-refractivity contribution is -0.764. The Balaban J connectivity index is 1.80. The van der Waals surface area contributed by atoms with Gasteiger partial charge in [-0.3, -0.25) is 4.79 Å². The molecule has 0 aliphatic carbocycles. The van der Waals surface area contributed by atoms with Gasteiger partial charge in [-0.05, 0) is 30.0 Å². The van der Waals surface area contributed by atoms with Gasteiger partial charge in [-0.15, -0.1) is 0 Å². The van der Waals surface area contributed by atoms with Crippen LogP contribution in [0.4, 0.5) is 5.69 Å². The van der Waals surface area contributed by atoms with Gasteiger partial charge >= 0.3 is 0 Å². The Morgan fingerprint density at radius 2 is 2.10 bits per heavy atom. The molecule has 0 saturated carbocycles. The molecule has 4 rings (SSSR count). The third-order valence-corrected chi connectivity index (χ3v) is 6.75. The average Bonchev–Trinajstić information content (AvgIpc) is 3.26. The zero-order chi connectivity index (χ0) is 21.1. The summed E-state index contributed by atoms with van der Waals surface area (Å²) in [4.78, 5) is 18.7. The molecule has 0 fully saturated rings. The van der Waals surface area contributed by atoms with Crippen molar-refractivity contribution in [3.05, 3.63) is 46.7 Å². The molecule has 0 radical (unpaired) electrons. The standard InChI is InChI=1S/C22H24N4O2S2/c1-3-4-5-8-12-30-22-23-20(28)19-17-9-6-7-10-18(17)25(15(2)27)21(26(19)24-22)16-11-13-29-14-16/h6-7,9-11,13-14,21H,3-5,8,12H2,1-2H3. The number of nitrogens with zero attached hydrogens (tertiary/aromatic N) is 4. The van der Waals surface area contributed by atoms with E-state index in [0.29, 0.717) is 22.1 Å². The molecule has 8 heteroatoms. The molecule has 0 spiro atoms. The van der Waals surface area contributed by atoms with Crippen LogP contribution in [-0.2, 0) is 4.79 Å². The van der Waals surface area contributed by atoms with Gasteiger partial charge in [-0.1, -0.05) is 54.8 Å². The third-order valence-electron chi connectivity index (χ3n) is 5.13. The van der Waals surface area contributed by atoms with E-state index < -0.39 is 6.17 Å². The van der Waals surface area contributed by atoms with Crippen molar-refractivity contribution in [1.29, 1.82) is 0 Å². The number of amides is 1. The number of unbranched alkanes of at least 4 members (excludes halogenated alkanes) is 3. The number of thioether (sulfide) groups is 1. The summed E-state index contributed by atoms with van der Waals surface area (Å²) in [6.45, 7) is 3.73. The van der Waals surface area contributed by atoms with E-state index >= 15 is 0 Å². The SMILES string of the molecule is CCCCCCSc1nc([O-])c2[n+](n1)C(c1ccsc1)N(C(C)=O)c1ccccc1-2. The first-order chi connectivity index (χ1) is 14.6. The van der Waals surface area contributed by atoms with Crippen molar-refractivity contribution in [2.45, 2.75) is 50.9 Å². The molecule has 30 heavy (non-hydrogen) atoms. The number of thiophene rings is 1. The second-order valence-electron chi connectivity index (χ2n) is 7.24. The lowest BCUT2D eigenvalue weighted by Crippen LogP contribution is -2.58. The number of anilines is 1. The van der Waals surface area contributed by atoms with Crippen LogP contribution in [-0.4, -0.2) is 21.7 Å². The summed E-state index contributed by atoms with van der Waals surface area (Å²) < 4.78 is 1.69. The molecule has 1 aliphatic heterocycles. The van der Waals surface area contributed by atoms with Gasteiger partial charge in [0, 0.05) is 23.2 Å². The fraction of sp³-hybridized carbons (Fsp3) is 0.364. The van der Waals surface area contributed by atoms with Gasteiger partial charge in [0.2, 0.25) is 5.91 Å². The van der Waals surface area contributed by atoms with Crippen LogP contribution in [0.25, 0.3) is 11.3 Å². The Morgan fingerprint density at radius 3 is 2.83 bits per heavy atom. The molecule has 0 saturated heterocycles. The average molecular weight is 441 g/mol. The summed E-state index contributed by atoms with van der Waals surface area (Å²) >= 11 is 3.06. The quantitative estimate of drug-likeness (QED) is 0.313. The molecule has 156 valence electrons. The van der Waals surface area contributed by atoms with Crippen molar-refractivity contribution < 1.29 is 14.6 Å². The summed E-state index contributed by atoms with van der Waals surface area (Å²) in [5.41, 5.74) is 2.74. The van der Waals surface area contributed by atoms with E-state index in [2.05, 4.69) is 11.9 Å². The third kappa shape index (κ3) is 3.94. The number of benzene rings is 1. The second-order valence-corrected chi connectivity index (χ2v) is 9.08. The van der Waals surface area contributed by atoms with Crippen LogP contribution in [0.3, 0.4) is 0 Å². The zero-order valence-corrected chi connectivity index (χ0v) is 18.7. The zero-order valence-electron chi connectivity index (χ0n) is 17.1. The predicted octanol–water partition coefficient (Wildman–Crippen LogP) is 4.15. The van der Waals surface area contributed by atoms with Crippen molar-refractivity contribution in [3.63, 3.8) is 0 Å². The van der Waals surface area contributed by atoms with Crippen LogP contribution in [0.5, 0.6) is 5.88 Å². The number of hydrogen-bond donors (Lipinski definition) is 0. The minimum absolute atomic E-state index is 0.100. The van der Waals surface area contributed by atoms with E-state index in [9.17, 15) is 9.90 Å². The summed E-state index contributed by atoms with van der Waals surface area (Å²) in [5.74, 6) is 0.461. The Kier molecular flexibility index (Phi) is 6.34. The van der Waals surface area contributed by atoms with Crippen LogP contribution in [0, 0.1) is 0 Å². The Labute approximate surface area is 184 Å². The van der Waals surface area contributed by atoms with Gasteiger partial charge < -0.3 is 5.11 Å². The molecule has 3 aromatic rings. The molecule has 1 aromatic carbocycles. The molecule has 6 nitrogen and oxygen atoms in total. The van der Waals surface area contributed by atoms with E-state index in [1.807, 2.05) is 41.1 Å². The van der Waals surface area contributed by atoms with E-state index in [-0.39, 0.29) is 11.8 Å². The lowest BCUT2D eigenvalue weighted by Gasteiger charge is -2.32. The topological polar surface area (TPSA) is 73.0 Å². The monoisotopic (exact) mass is 440 g/mol. The number of hydrogen-bond acceptors (Lipinski definition) is 6. The van der Waals surface area contributed by atoms with Crippen LogP contribution in [0.15, 0.2) is 46.2 Å². The minimum Gasteiger partial charge on any atom is -0.854 e. The van der Waals surface area contributed by atoms with Crippen LogP contribution >= 0.6 is 23.1 Å². The van der Waals surface area contributed by atoms with Gasteiger partial charge in [0.05, 0.1) is 22.7 Å². The lowest BCUT2D eigenvalue weighted by atomic mass is 10.0. The Morgan fingerprint density at radius 1 is 1.27 bits per heavy atom. The van der Waals surface area contributed by atoms with Crippen molar-refractivity contribution in [1.82, 2.24) is 10.1 Å². The predicted molar refractivity (Wildman–Crippen MR) is 118 cm³/mol. The Bertz CT molecular complexity index is 1040. The van der Waals surface area contributed by atoms with Crippen molar-refractivity contribution in [3.8, 4) is 17.1 Å². The first-order valence-corrected chi connectivity index (χ1v) is 12.1. The molecule has 1 aliphatic rings. The molecule has 0 N–H and O–H groups in total. The molecule has 2 aromatic heterocycles. The highest BCUT2D eigenvalue weighted by atomic mass is 32.2. The van der Waals surface area contributed by atoms with Crippen LogP contribution < -0.4 is 14.7 Å². The fourth-order valence-corrected chi connectivity index (χ4v) is 5.25. The number of para-hydroxylation sites is 1. The van der Waals surface area contributed by atoms with E-state index in [1.165, 1.54) is 24.6 Å². The molecular weight excluding hydrogens is 416 g/mol. The number of rotatable bonds is 7. The smallest absolute Gasteiger partial charge is 0.293 e. The summed E-state index contributed by atoms with van der Waals surface area (Å²) in [6.07, 6.45) is 4.11. The highest BCUT2D eigenvalue weighted by Gasteiger charge is 2.43. The van der Waals surface area contributed by atoms with Crippen molar-refractivity contribution in [2.24, 2.45) is 0 Å². The summed E-state index contributed by atoms with van der Waals surface area (Å²) in [5, 5.41) is 22.3. The van der Waals surface area contributed by atoms with Gasteiger partial charge in [-0.25, -0.2) is 9.88 Å². The van der Waals surface area contributed by atoms with Gasteiger partial charge in [0.1, 0.15) is 0 Å². The molecule has 0 bridgehead atoms. The second kappa shape index (κ2) is 9.14. The van der Waals surface area contributed by atoms with Crippen LogP contribution in [0.1, 0.15) is 51.3 Å². The molecular formula is C22H24N4O2S2. The first kappa shape index (κ1) is 20.8. The maximum absolute atomic E-state index is 13.1. The number of carbonyl (C=O) groups is 1. The normalized spacial score (nSPS) is 15.0. The van der Waals surface area contributed by atoms with Gasteiger partial charge in [0.25, 0.3) is 17.0 Å². The van der Waals surface area contributed by atoms with E-state index in [4.69, 9.17) is 5.10 Å². The van der Waals surface area contributed by atoms with Crippen molar-refractivity contribution in [2.75, 3.05) is 10.7 Å². The largest absolute Gasteiger partial charge is 0.854 e. The number of aromatic nitrogens is 3. The molecule has 3 heterocycles. The number of carbonyl (C=O) groups excluding carboxylic acids is 1. The summed E-state index contributed by atoms with van der Waals surface area (Å²) in [6, 6.07) is 9.43. The highest BCUT2D eigenvalue weighted by molar-refractivity contribution is 7.99. The Hall–Kier alpha value is -2.45. The van der Waals surface area contributed by atoms with E-state index in [0.717, 1.165) is 24.2 Å². The molecule has 1 amide bonds. The van der Waals surface area contributed by atoms with Crippen LogP contribution in [0.2, 0.25) is 0 Å². The van der Waals surface area contributed by atoms with Gasteiger partial charge in [-0.2, -0.15) is 11.3 Å². The fourth-order valence-electron chi connectivity index (χ4n) is 3.75. The molecule has 1 atom stereocenters. The number of fused-ring (bicyclic) bond motifs is 3. The summed E-state index contributed by atoms with van der Waals surface area (Å²) in [7, 11) is 0. The maximum Gasteiger partial charge on any atom is 0.293 e. The maximum atomic E-state index is 13.1. The minimum atomic E-state index is -0.506. The first-order valence-electron chi connectivity index (χ1n) is 10.2. The van der Waals surface area contributed by atoms with Gasteiger partial charge in [0.15, 0.2) is 0 Å². The van der Waals surface area contributed by atoms with Crippen molar-refractivity contribution >= 4 is 34.7 Å². The highest BCUT2D eigenvalue weighted by Crippen LogP contribution is 2.41. The van der Waals surface area contributed by atoms with E-state index in [1.54, 1.807) is 27.8 Å². The molecule has 1 unspecified atom stereocenters.